The Kier molecular flexibility index (Phi) is 8.44. The Bertz CT molecular complexity index is 995. The highest BCUT2D eigenvalue weighted by Gasteiger charge is 2.29. The van der Waals surface area contributed by atoms with Crippen LogP contribution in [0.25, 0.3) is 0 Å². The summed E-state index contributed by atoms with van der Waals surface area (Å²) in [6.45, 7) is 3.54. The Balaban J connectivity index is 2.36. The van der Waals surface area contributed by atoms with Gasteiger partial charge in [-0.05, 0) is 43.7 Å². The smallest absolute Gasteiger partial charge is 0.244 e. The van der Waals surface area contributed by atoms with Gasteiger partial charge in [0.2, 0.25) is 21.8 Å². The van der Waals surface area contributed by atoms with Crippen LogP contribution in [0.5, 0.6) is 5.75 Å². The maximum Gasteiger partial charge on any atom is 0.244 e. The third-order valence-electron chi connectivity index (χ3n) is 4.73. The second-order valence-corrected chi connectivity index (χ2v) is 8.96. The average molecular weight is 448 g/mol. The van der Waals surface area contributed by atoms with E-state index in [4.69, 9.17) is 4.74 Å². The fraction of sp³-hybridized carbons (Fsp3) is 0.364. The van der Waals surface area contributed by atoms with Crippen molar-refractivity contribution in [2.75, 3.05) is 30.8 Å². The molecule has 0 saturated carbocycles. The van der Waals surface area contributed by atoms with Crippen molar-refractivity contribution in [1.82, 2.24) is 10.2 Å². The van der Waals surface area contributed by atoms with Gasteiger partial charge in [0.15, 0.2) is 0 Å². The van der Waals surface area contributed by atoms with Crippen molar-refractivity contribution in [3.8, 4) is 5.75 Å². The van der Waals surface area contributed by atoms with Crippen LogP contribution in [-0.2, 0) is 26.2 Å². The minimum atomic E-state index is -3.72. The molecule has 0 unspecified atom stereocenters. The SMILES string of the molecule is CCNC(=O)[C@H](C)N(Cc1cccc(OC)c1)C(=O)CN(c1ccccc1)S(C)(=O)=O. The first-order valence-corrected chi connectivity index (χ1v) is 11.7. The number of carbonyl (C=O) groups is 2. The summed E-state index contributed by atoms with van der Waals surface area (Å²) >= 11 is 0. The number of hydrogen-bond acceptors (Lipinski definition) is 5. The summed E-state index contributed by atoms with van der Waals surface area (Å²) in [4.78, 5) is 27.2. The van der Waals surface area contributed by atoms with Crippen molar-refractivity contribution in [2.45, 2.75) is 26.4 Å². The Morgan fingerprint density at radius 1 is 1.10 bits per heavy atom. The molecule has 2 aromatic carbocycles. The van der Waals surface area contributed by atoms with E-state index in [1.165, 1.54) is 4.90 Å². The maximum atomic E-state index is 13.3. The number of sulfonamides is 1. The number of methoxy groups -OCH3 is 1. The van der Waals surface area contributed by atoms with E-state index >= 15 is 0 Å². The summed E-state index contributed by atoms with van der Waals surface area (Å²) < 4.78 is 31.1. The number of likely N-dealkylation sites (N-methyl/N-ethyl adjacent to an activating group) is 1. The van der Waals surface area contributed by atoms with Crippen LogP contribution in [-0.4, -0.2) is 57.6 Å². The molecule has 1 atom stereocenters. The molecule has 0 spiro atoms. The van der Waals surface area contributed by atoms with Crippen LogP contribution >= 0.6 is 0 Å². The molecule has 0 aliphatic heterocycles. The predicted octanol–water partition coefficient (Wildman–Crippen LogP) is 2.01. The Morgan fingerprint density at radius 2 is 1.77 bits per heavy atom. The molecule has 0 bridgehead atoms. The molecule has 31 heavy (non-hydrogen) atoms. The maximum absolute atomic E-state index is 13.3. The lowest BCUT2D eigenvalue weighted by Crippen LogP contribution is -2.51. The molecule has 2 rings (SSSR count). The zero-order valence-electron chi connectivity index (χ0n) is 18.2. The van der Waals surface area contributed by atoms with Crippen LogP contribution < -0.4 is 14.4 Å². The minimum absolute atomic E-state index is 0.126. The van der Waals surface area contributed by atoms with Gasteiger partial charge < -0.3 is 15.0 Å². The van der Waals surface area contributed by atoms with E-state index in [1.54, 1.807) is 69.5 Å². The van der Waals surface area contributed by atoms with Crippen molar-refractivity contribution in [2.24, 2.45) is 0 Å². The van der Waals surface area contributed by atoms with E-state index in [1.807, 2.05) is 6.07 Å². The first kappa shape index (κ1) is 24.2. The lowest BCUT2D eigenvalue weighted by Gasteiger charge is -2.31. The molecule has 0 heterocycles. The first-order chi connectivity index (χ1) is 14.7. The number of rotatable bonds is 10. The predicted molar refractivity (Wildman–Crippen MR) is 120 cm³/mol. The molecule has 0 fully saturated rings. The van der Waals surface area contributed by atoms with Crippen LogP contribution in [0, 0.1) is 0 Å². The summed E-state index contributed by atoms with van der Waals surface area (Å²) in [5.74, 6) is -0.183. The Labute approximate surface area is 183 Å². The van der Waals surface area contributed by atoms with E-state index in [-0.39, 0.29) is 12.5 Å². The van der Waals surface area contributed by atoms with E-state index in [2.05, 4.69) is 5.32 Å². The van der Waals surface area contributed by atoms with Gasteiger partial charge in [0.1, 0.15) is 18.3 Å². The molecule has 2 amide bonds. The van der Waals surface area contributed by atoms with E-state index in [9.17, 15) is 18.0 Å². The largest absolute Gasteiger partial charge is 0.497 e. The molecule has 0 radical (unpaired) electrons. The molecule has 168 valence electrons. The highest BCUT2D eigenvalue weighted by atomic mass is 32.2. The molecule has 9 heteroatoms. The molecule has 0 aliphatic carbocycles. The molecule has 1 N–H and O–H groups in total. The second-order valence-electron chi connectivity index (χ2n) is 7.05. The monoisotopic (exact) mass is 447 g/mol. The number of anilines is 1. The van der Waals surface area contributed by atoms with E-state index in [0.717, 1.165) is 16.1 Å². The molecular weight excluding hydrogens is 418 g/mol. The van der Waals surface area contributed by atoms with Gasteiger partial charge in [0, 0.05) is 13.1 Å². The molecule has 0 aromatic heterocycles. The summed E-state index contributed by atoms with van der Waals surface area (Å²) in [6, 6.07) is 14.8. The van der Waals surface area contributed by atoms with Crippen LogP contribution in [0.1, 0.15) is 19.4 Å². The molecule has 0 saturated heterocycles. The van der Waals surface area contributed by atoms with Crippen LogP contribution in [0.4, 0.5) is 5.69 Å². The second kappa shape index (κ2) is 10.8. The number of nitrogens with zero attached hydrogens (tertiary/aromatic N) is 2. The summed E-state index contributed by atoms with van der Waals surface area (Å²) in [6.07, 6.45) is 1.05. The lowest BCUT2D eigenvalue weighted by atomic mass is 10.1. The van der Waals surface area contributed by atoms with Crippen molar-refractivity contribution >= 4 is 27.5 Å². The van der Waals surface area contributed by atoms with Gasteiger partial charge in [0.25, 0.3) is 0 Å². The number of benzene rings is 2. The lowest BCUT2D eigenvalue weighted by molar-refractivity contribution is -0.139. The van der Waals surface area contributed by atoms with Gasteiger partial charge >= 0.3 is 0 Å². The third kappa shape index (κ3) is 6.71. The van der Waals surface area contributed by atoms with Gasteiger partial charge in [-0.2, -0.15) is 0 Å². The Hall–Kier alpha value is -3.07. The first-order valence-electron chi connectivity index (χ1n) is 9.90. The molecular formula is C22H29N3O5S. The summed E-state index contributed by atoms with van der Waals surface area (Å²) in [5.41, 5.74) is 1.14. The number of ether oxygens (including phenoxy) is 1. The van der Waals surface area contributed by atoms with Gasteiger partial charge in [-0.15, -0.1) is 0 Å². The van der Waals surface area contributed by atoms with Gasteiger partial charge in [0.05, 0.1) is 19.1 Å². The zero-order chi connectivity index (χ0) is 23.0. The van der Waals surface area contributed by atoms with Crippen molar-refractivity contribution in [1.29, 1.82) is 0 Å². The van der Waals surface area contributed by atoms with E-state index < -0.39 is 28.5 Å². The van der Waals surface area contributed by atoms with Crippen molar-refractivity contribution in [3.63, 3.8) is 0 Å². The number of carbonyl (C=O) groups excluding carboxylic acids is 2. The van der Waals surface area contributed by atoms with Crippen molar-refractivity contribution in [3.05, 3.63) is 60.2 Å². The molecule has 2 aromatic rings. The number of para-hydroxylation sites is 1. The quantitative estimate of drug-likeness (QED) is 0.601. The normalized spacial score (nSPS) is 12.0. The highest BCUT2D eigenvalue weighted by molar-refractivity contribution is 7.92. The van der Waals surface area contributed by atoms with Crippen LogP contribution in [0.2, 0.25) is 0 Å². The topological polar surface area (TPSA) is 96.0 Å². The van der Waals surface area contributed by atoms with Crippen LogP contribution in [0.15, 0.2) is 54.6 Å². The fourth-order valence-electron chi connectivity index (χ4n) is 3.08. The standard InChI is InChI=1S/C22H29N3O5S/c1-5-23-22(27)17(2)24(15-18-10-9-13-20(14-18)30-3)21(26)16-25(31(4,28)29)19-11-7-6-8-12-19/h6-14,17H,5,15-16H2,1-4H3,(H,23,27)/t17-/m0/s1. The minimum Gasteiger partial charge on any atom is -0.497 e. The molecule has 0 aliphatic rings. The number of nitrogens with one attached hydrogen (secondary N) is 1. The third-order valence-corrected chi connectivity index (χ3v) is 5.87. The number of hydrogen-bond donors (Lipinski definition) is 1. The average Bonchev–Trinajstić information content (AvgIpc) is 2.75. The van der Waals surface area contributed by atoms with Crippen LogP contribution in [0.3, 0.4) is 0 Å². The zero-order valence-corrected chi connectivity index (χ0v) is 19.1. The summed E-state index contributed by atoms with van der Waals surface area (Å²) in [5, 5.41) is 2.71. The van der Waals surface area contributed by atoms with E-state index in [0.29, 0.717) is 18.0 Å². The summed E-state index contributed by atoms with van der Waals surface area (Å²) in [7, 11) is -2.18. The fourth-order valence-corrected chi connectivity index (χ4v) is 3.93. The van der Waals surface area contributed by atoms with Gasteiger partial charge in [-0.25, -0.2) is 8.42 Å². The van der Waals surface area contributed by atoms with Gasteiger partial charge in [-0.3, -0.25) is 13.9 Å². The number of amides is 2. The Morgan fingerprint density at radius 3 is 2.35 bits per heavy atom. The van der Waals surface area contributed by atoms with Crippen molar-refractivity contribution < 1.29 is 22.7 Å². The van der Waals surface area contributed by atoms with Gasteiger partial charge in [-0.1, -0.05) is 30.3 Å². The molecule has 8 nitrogen and oxygen atoms in total. The highest BCUT2D eigenvalue weighted by Crippen LogP contribution is 2.19.